The topological polar surface area (TPSA) is 49.4 Å². The molecule has 5 heteroatoms. The van der Waals surface area contributed by atoms with Gasteiger partial charge in [0, 0.05) is 18.1 Å². The van der Waals surface area contributed by atoms with Crippen LogP contribution in [0.2, 0.25) is 5.02 Å². The Labute approximate surface area is 166 Å². The third kappa shape index (κ3) is 5.83. The number of hydrogen-bond acceptors (Lipinski definition) is 2. The Morgan fingerprint density at radius 3 is 2.33 bits per heavy atom. The second kappa shape index (κ2) is 10.1. The molecule has 0 bridgehead atoms. The standard InChI is InChI=1S/C22H27ClN2O2/c1-4-13-24-22(27)17(3)25(15-19-11-7-8-12-20(19)23)21(26)14-18-10-6-5-9-16(18)2/h5-12,17H,4,13-15H2,1-3H3,(H,24,27)/t17-/m0/s1. The van der Waals surface area contributed by atoms with E-state index in [1.54, 1.807) is 17.9 Å². The fourth-order valence-corrected chi connectivity index (χ4v) is 3.06. The maximum Gasteiger partial charge on any atom is 0.242 e. The monoisotopic (exact) mass is 386 g/mol. The quantitative estimate of drug-likeness (QED) is 0.741. The third-order valence-electron chi connectivity index (χ3n) is 4.62. The van der Waals surface area contributed by atoms with Gasteiger partial charge in [0.05, 0.1) is 6.42 Å². The van der Waals surface area contributed by atoms with E-state index < -0.39 is 6.04 Å². The Bertz CT molecular complexity index is 791. The SMILES string of the molecule is CCCNC(=O)[C@H](C)N(Cc1ccccc1Cl)C(=O)Cc1ccccc1C. The van der Waals surface area contributed by atoms with Gasteiger partial charge in [-0.1, -0.05) is 61.0 Å². The molecule has 2 amide bonds. The molecule has 0 saturated carbocycles. The van der Waals surface area contributed by atoms with Crippen LogP contribution < -0.4 is 5.32 Å². The first-order valence-electron chi connectivity index (χ1n) is 9.29. The number of hydrogen-bond donors (Lipinski definition) is 1. The lowest BCUT2D eigenvalue weighted by atomic mass is 10.0. The zero-order valence-electron chi connectivity index (χ0n) is 16.2. The number of amides is 2. The van der Waals surface area contributed by atoms with E-state index in [-0.39, 0.29) is 18.2 Å². The number of halogens is 1. The van der Waals surface area contributed by atoms with Crippen molar-refractivity contribution >= 4 is 23.4 Å². The minimum atomic E-state index is -0.579. The zero-order valence-corrected chi connectivity index (χ0v) is 16.9. The van der Waals surface area contributed by atoms with Crippen molar-refractivity contribution in [3.05, 3.63) is 70.2 Å². The molecule has 2 aromatic carbocycles. The van der Waals surface area contributed by atoms with Gasteiger partial charge in [-0.3, -0.25) is 9.59 Å². The van der Waals surface area contributed by atoms with Crippen molar-refractivity contribution in [1.82, 2.24) is 10.2 Å². The second-order valence-corrected chi connectivity index (χ2v) is 7.09. The van der Waals surface area contributed by atoms with E-state index in [1.165, 1.54) is 0 Å². The van der Waals surface area contributed by atoms with Crippen LogP contribution in [0.3, 0.4) is 0 Å². The first-order valence-corrected chi connectivity index (χ1v) is 9.67. The summed E-state index contributed by atoms with van der Waals surface area (Å²) in [5.41, 5.74) is 2.85. The van der Waals surface area contributed by atoms with Crippen molar-refractivity contribution in [1.29, 1.82) is 0 Å². The van der Waals surface area contributed by atoms with Crippen LogP contribution in [0, 0.1) is 6.92 Å². The van der Waals surface area contributed by atoms with E-state index in [2.05, 4.69) is 5.32 Å². The molecular formula is C22H27ClN2O2. The highest BCUT2D eigenvalue weighted by Gasteiger charge is 2.26. The van der Waals surface area contributed by atoms with Crippen LogP contribution in [-0.2, 0) is 22.6 Å². The average molecular weight is 387 g/mol. The summed E-state index contributed by atoms with van der Waals surface area (Å²) < 4.78 is 0. The highest BCUT2D eigenvalue weighted by atomic mass is 35.5. The highest BCUT2D eigenvalue weighted by molar-refractivity contribution is 6.31. The van der Waals surface area contributed by atoms with E-state index in [0.717, 1.165) is 23.1 Å². The van der Waals surface area contributed by atoms with Gasteiger partial charge in [0.15, 0.2) is 0 Å². The summed E-state index contributed by atoms with van der Waals surface area (Å²) in [4.78, 5) is 27.2. The molecule has 0 spiro atoms. The fourth-order valence-electron chi connectivity index (χ4n) is 2.86. The number of carbonyl (C=O) groups is 2. The minimum absolute atomic E-state index is 0.0941. The number of nitrogens with one attached hydrogen (secondary N) is 1. The molecule has 1 atom stereocenters. The van der Waals surface area contributed by atoms with Crippen LogP contribution in [0.25, 0.3) is 0 Å². The van der Waals surface area contributed by atoms with E-state index >= 15 is 0 Å². The van der Waals surface area contributed by atoms with Crippen molar-refractivity contribution in [2.45, 2.75) is 46.2 Å². The molecule has 0 saturated heterocycles. The maximum atomic E-state index is 13.1. The summed E-state index contributed by atoms with van der Waals surface area (Å²) in [6, 6.07) is 14.6. The predicted molar refractivity (Wildman–Crippen MR) is 110 cm³/mol. The van der Waals surface area contributed by atoms with Crippen LogP contribution in [0.15, 0.2) is 48.5 Å². The molecule has 0 unspecified atom stereocenters. The Morgan fingerprint density at radius 1 is 1.07 bits per heavy atom. The van der Waals surface area contributed by atoms with E-state index in [0.29, 0.717) is 18.1 Å². The van der Waals surface area contributed by atoms with Crippen molar-refractivity contribution < 1.29 is 9.59 Å². The first-order chi connectivity index (χ1) is 12.9. The maximum absolute atomic E-state index is 13.1. The Balaban J connectivity index is 2.25. The molecule has 0 aliphatic carbocycles. The number of benzene rings is 2. The van der Waals surface area contributed by atoms with Gasteiger partial charge in [-0.2, -0.15) is 0 Å². The number of rotatable bonds is 8. The molecule has 1 N–H and O–H groups in total. The number of carbonyl (C=O) groups excluding carboxylic acids is 2. The molecule has 2 aromatic rings. The van der Waals surface area contributed by atoms with Gasteiger partial charge in [0.25, 0.3) is 0 Å². The van der Waals surface area contributed by atoms with Gasteiger partial charge in [0.1, 0.15) is 6.04 Å². The molecule has 0 aliphatic heterocycles. The van der Waals surface area contributed by atoms with Crippen molar-refractivity contribution in [3.63, 3.8) is 0 Å². The molecular weight excluding hydrogens is 360 g/mol. The summed E-state index contributed by atoms with van der Waals surface area (Å²) in [6.45, 7) is 6.63. The van der Waals surface area contributed by atoms with E-state index in [9.17, 15) is 9.59 Å². The average Bonchev–Trinajstić information content (AvgIpc) is 2.66. The summed E-state index contributed by atoms with van der Waals surface area (Å²) in [5, 5.41) is 3.47. The van der Waals surface area contributed by atoms with Gasteiger partial charge >= 0.3 is 0 Å². The van der Waals surface area contributed by atoms with Crippen molar-refractivity contribution in [3.8, 4) is 0 Å². The fraction of sp³-hybridized carbons (Fsp3) is 0.364. The molecule has 144 valence electrons. The largest absolute Gasteiger partial charge is 0.354 e. The van der Waals surface area contributed by atoms with Crippen LogP contribution in [0.1, 0.15) is 37.0 Å². The first kappa shape index (κ1) is 21.0. The number of nitrogens with zero attached hydrogens (tertiary/aromatic N) is 1. The van der Waals surface area contributed by atoms with Crippen molar-refractivity contribution in [2.24, 2.45) is 0 Å². The third-order valence-corrected chi connectivity index (χ3v) is 4.99. The molecule has 2 rings (SSSR count). The van der Waals surface area contributed by atoms with Crippen LogP contribution in [-0.4, -0.2) is 29.3 Å². The van der Waals surface area contributed by atoms with Gasteiger partial charge in [-0.15, -0.1) is 0 Å². The summed E-state index contributed by atoms with van der Waals surface area (Å²) in [7, 11) is 0. The Hall–Kier alpha value is -2.33. The minimum Gasteiger partial charge on any atom is -0.354 e. The van der Waals surface area contributed by atoms with Gasteiger partial charge < -0.3 is 10.2 Å². The molecule has 0 aromatic heterocycles. The Morgan fingerprint density at radius 2 is 1.70 bits per heavy atom. The predicted octanol–water partition coefficient (Wildman–Crippen LogP) is 4.13. The van der Waals surface area contributed by atoms with E-state index in [1.807, 2.05) is 56.3 Å². The molecule has 27 heavy (non-hydrogen) atoms. The van der Waals surface area contributed by atoms with Crippen molar-refractivity contribution in [2.75, 3.05) is 6.54 Å². The molecule has 0 heterocycles. The second-order valence-electron chi connectivity index (χ2n) is 6.68. The highest BCUT2D eigenvalue weighted by Crippen LogP contribution is 2.20. The normalized spacial score (nSPS) is 11.7. The van der Waals surface area contributed by atoms with Gasteiger partial charge in [0.2, 0.25) is 11.8 Å². The molecule has 4 nitrogen and oxygen atoms in total. The van der Waals surface area contributed by atoms with Gasteiger partial charge in [-0.05, 0) is 43.0 Å². The van der Waals surface area contributed by atoms with Gasteiger partial charge in [-0.25, -0.2) is 0 Å². The Kier molecular flexibility index (Phi) is 7.86. The summed E-state index contributed by atoms with van der Waals surface area (Å²) in [6.07, 6.45) is 1.10. The molecule has 0 radical (unpaired) electrons. The van der Waals surface area contributed by atoms with Crippen LogP contribution in [0.4, 0.5) is 0 Å². The number of aryl methyl sites for hydroxylation is 1. The molecule has 0 aliphatic rings. The zero-order chi connectivity index (χ0) is 19.8. The van der Waals surface area contributed by atoms with E-state index in [4.69, 9.17) is 11.6 Å². The smallest absolute Gasteiger partial charge is 0.242 e. The summed E-state index contributed by atoms with van der Waals surface area (Å²) in [5.74, 6) is -0.245. The lowest BCUT2D eigenvalue weighted by molar-refractivity contribution is -0.140. The van der Waals surface area contributed by atoms with Crippen LogP contribution in [0.5, 0.6) is 0 Å². The lowest BCUT2D eigenvalue weighted by Gasteiger charge is -2.29. The lowest BCUT2D eigenvalue weighted by Crippen LogP contribution is -2.48. The van der Waals surface area contributed by atoms with Crippen LogP contribution >= 0.6 is 11.6 Å². The summed E-state index contributed by atoms with van der Waals surface area (Å²) >= 11 is 6.29. The molecule has 0 fully saturated rings.